The summed E-state index contributed by atoms with van der Waals surface area (Å²) >= 11 is 1.49. The fourth-order valence-electron chi connectivity index (χ4n) is 2.82. The molecule has 1 atom stereocenters. The topological polar surface area (TPSA) is 67.7 Å². The van der Waals surface area contributed by atoms with Gasteiger partial charge in [0.05, 0.1) is 31.1 Å². The lowest BCUT2D eigenvalue weighted by Crippen LogP contribution is -2.49. The molecule has 2 aliphatic rings. The SMILES string of the molecule is CSCC(=O)N1Cc2ccnn2[C@@H](C(=O)N2CCCCO2)C1. The van der Waals surface area contributed by atoms with E-state index >= 15 is 0 Å². The Morgan fingerprint density at radius 1 is 1.45 bits per heavy atom. The van der Waals surface area contributed by atoms with E-state index in [1.165, 1.54) is 16.8 Å². The van der Waals surface area contributed by atoms with Gasteiger partial charge in [-0.2, -0.15) is 16.9 Å². The highest BCUT2D eigenvalue weighted by Crippen LogP contribution is 2.24. The van der Waals surface area contributed by atoms with Crippen molar-refractivity contribution in [3.05, 3.63) is 18.0 Å². The molecule has 0 saturated carbocycles. The number of aromatic nitrogens is 2. The molecule has 7 nitrogen and oxygen atoms in total. The van der Waals surface area contributed by atoms with Crippen molar-refractivity contribution in [1.29, 1.82) is 0 Å². The molecule has 0 bridgehead atoms. The van der Waals surface area contributed by atoms with E-state index in [0.29, 0.717) is 32.0 Å². The maximum absolute atomic E-state index is 12.7. The van der Waals surface area contributed by atoms with Crippen molar-refractivity contribution in [1.82, 2.24) is 19.7 Å². The molecule has 0 N–H and O–H groups in total. The van der Waals surface area contributed by atoms with Crippen LogP contribution in [0.2, 0.25) is 0 Å². The Morgan fingerprint density at radius 2 is 2.32 bits per heavy atom. The second-order valence-corrected chi connectivity index (χ2v) is 6.34. The van der Waals surface area contributed by atoms with Crippen molar-refractivity contribution in [2.24, 2.45) is 0 Å². The summed E-state index contributed by atoms with van der Waals surface area (Å²) in [6.45, 7) is 2.03. The standard InChI is InChI=1S/C14H20N4O3S/c1-22-10-13(19)16-8-11-4-5-15-18(11)12(9-16)14(20)17-6-2-3-7-21-17/h4-5,12H,2-3,6-10H2,1H3/t12-/m1/s1. The minimum absolute atomic E-state index is 0.0531. The number of nitrogens with zero attached hydrogens (tertiary/aromatic N) is 4. The van der Waals surface area contributed by atoms with Crippen molar-refractivity contribution in [2.45, 2.75) is 25.4 Å². The second kappa shape index (κ2) is 6.70. The minimum atomic E-state index is -0.498. The normalized spacial score (nSPS) is 21.6. The van der Waals surface area contributed by atoms with Gasteiger partial charge in [-0.3, -0.25) is 19.1 Å². The first kappa shape index (κ1) is 15.4. The van der Waals surface area contributed by atoms with Gasteiger partial charge in [-0.1, -0.05) is 0 Å². The first-order chi connectivity index (χ1) is 10.7. The van der Waals surface area contributed by atoms with E-state index in [9.17, 15) is 9.59 Å². The third kappa shape index (κ3) is 2.98. The quantitative estimate of drug-likeness (QED) is 0.818. The Hall–Kier alpha value is -1.54. The summed E-state index contributed by atoms with van der Waals surface area (Å²) < 4.78 is 1.73. The van der Waals surface area contributed by atoms with Gasteiger partial charge >= 0.3 is 0 Å². The van der Waals surface area contributed by atoms with E-state index in [4.69, 9.17) is 4.84 Å². The van der Waals surface area contributed by atoms with Crippen molar-refractivity contribution in [3.63, 3.8) is 0 Å². The van der Waals surface area contributed by atoms with E-state index in [2.05, 4.69) is 5.10 Å². The highest BCUT2D eigenvalue weighted by atomic mass is 32.2. The zero-order valence-electron chi connectivity index (χ0n) is 12.6. The van der Waals surface area contributed by atoms with Gasteiger partial charge in [0, 0.05) is 12.7 Å². The van der Waals surface area contributed by atoms with Crippen LogP contribution in [0.25, 0.3) is 0 Å². The molecule has 22 heavy (non-hydrogen) atoms. The number of rotatable bonds is 3. The van der Waals surface area contributed by atoms with Gasteiger partial charge in [-0.15, -0.1) is 0 Å². The van der Waals surface area contributed by atoms with Crippen molar-refractivity contribution in [3.8, 4) is 0 Å². The third-order valence-corrected chi connectivity index (χ3v) is 4.48. The Morgan fingerprint density at radius 3 is 3.05 bits per heavy atom. The predicted octanol–water partition coefficient (Wildman–Crippen LogP) is 0.683. The Balaban J connectivity index is 1.80. The van der Waals surface area contributed by atoms with Crippen molar-refractivity contribution >= 4 is 23.6 Å². The van der Waals surface area contributed by atoms with Crippen LogP contribution in [0.3, 0.4) is 0 Å². The fourth-order valence-corrected chi connectivity index (χ4v) is 3.25. The first-order valence-corrected chi connectivity index (χ1v) is 8.83. The van der Waals surface area contributed by atoms with Crippen LogP contribution in [-0.2, 0) is 21.0 Å². The lowest BCUT2D eigenvalue weighted by molar-refractivity contribution is -0.201. The summed E-state index contributed by atoms with van der Waals surface area (Å²) in [5.41, 5.74) is 0.885. The van der Waals surface area contributed by atoms with E-state index < -0.39 is 6.04 Å². The van der Waals surface area contributed by atoms with Gasteiger partial charge in [0.25, 0.3) is 5.91 Å². The van der Waals surface area contributed by atoms with Crippen LogP contribution in [0.1, 0.15) is 24.6 Å². The van der Waals surface area contributed by atoms with Gasteiger partial charge in [-0.05, 0) is 25.2 Å². The van der Waals surface area contributed by atoms with Gasteiger partial charge in [-0.25, -0.2) is 5.06 Å². The summed E-state index contributed by atoms with van der Waals surface area (Å²) in [6, 6.07) is 1.36. The number of thioether (sulfide) groups is 1. The molecule has 2 amide bonds. The summed E-state index contributed by atoms with van der Waals surface area (Å²) in [5, 5.41) is 5.70. The van der Waals surface area contributed by atoms with Crippen LogP contribution in [-0.4, -0.2) is 63.3 Å². The van der Waals surface area contributed by atoms with Crippen LogP contribution in [0.5, 0.6) is 0 Å². The zero-order chi connectivity index (χ0) is 15.5. The molecule has 2 aliphatic heterocycles. The molecule has 3 heterocycles. The average Bonchev–Trinajstić information content (AvgIpc) is 3.02. The van der Waals surface area contributed by atoms with E-state index in [1.54, 1.807) is 15.8 Å². The predicted molar refractivity (Wildman–Crippen MR) is 82.0 cm³/mol. The number of hydroxylamine groups is 2. The number of carbonyl (C=O) groups excluding carboxylic acids is 2. The Bertz CT molecular complexity index is 556. The molecule has 3 rings (SSSR count). The summed E-state index contributed by atoms with van der Waals surface area (Å²) in [4.78, 5) is 32.1. The van der Waals surface area contributed by atoms with Crippen molar-refractivity contribution in [2.75, 3.05) is 31.7 Å². The monoisotopic (exact) mass is 324 g/mol. The molecule has 1 saturated heterocycles. The molecule has 1 fully saturated rings. The van der Waals surface area contributed by atoms with Gasteiger partial charge in [0.15, 0.2) is 6.04 Å². The van der Waals surface area contributed by atoms with E-state index in [1.807, 2.05) is 12.3 Å². The van der Waals surface area contributed by atoms with Gasteiger partial charge in [0.1, 0.15) is 0 Å². The molecule has 0 radical (unpaired) electrons. The smallest absolute Gasteiger partial charge is 0.272 e. The number of amides is 2. The maximum Gasteiger partial charge on any atom is 0.272 e. The number of hydrogen-bond donors (Lipinski definition) is 0. The van der Waals surface area contributed by atoms with Crippen LogP contribution in [0.15, 0.2) is 12.3 Å². The Labute approximate surface area is 133 Å². The first-order valence-electron chi connectivity index (χ1n) is 7.44. The Kier molecular flexibility index (Phi) is 4.68. The average molecular weight is 324 g/mol. The molecular weight excluding hydrogens is 304 g/mol. The van der Waals surface area contributed by atoms with Gasteiger partial charge in [0.2, 0.25) is 5.91 Å². The van der Waals surface area contributed by atoms with Gasteiger partial charge < -0.3 is 4.90 Å². The fraction of sp³-hybridized carbons (Fsp3) is 0.643. The van der Waals surface area contributed by atoms with E-state index in [-0.39, 0.29) is 11.8 Å². The minimum Gasteiger partial charge on any atom is -0.333 e. The summed E-state index contributed by atoms with van der Waals surface area (Å²) in [6.07, 6.45) is 5.49. The molecule has 0 aliphatic carbocycles. The lowest BCUT2D eigenvalue weighted by Gasteiger charge is -2.36. The van der Waals surface area contributed by atoms with Crippen LogP contribution >= 0.6 is 11.8 Å². The molecule has 1 aromatic heterocycles. The molecular formula is C14H20N4O3S. The number of fused-ring (bicyclic) bond motifs is 1. The summed E-state index contributed by atoms with van der Waals surface area (Å²) in [5.74, 6) is 0.360. The highest BCUT2D eigenvalue weighted by molar-refractivity contribution is 7.99. The van der Waals surface area contributed by atoms with Crippen LogP contribution in [0.4, 0.5) is 0 Å². The molecule has 0 unspecified atom stereocenters. The molecule has 8 heteroatoms. The molecule has 0 aromatic carbocycles. The zero-order valence-corrected chi connectivity index (χ0v) is 13.4. The molecule has 1 aromatic rings. The lowest BCUT2D eigenvalue weighted by atomic mass is 10.1. The number of hydrogen-bond acceptors (Lipinski definition) is 5. The molecule has 0 spiro atoms. The highest BCUT2D eigenvalue weighted by Gasteiger charge is 2.36. The molecule has 120 valence electrons. The maximum atomic E-state index is 12.7. The van der Waals surface area contributed by atoms with Crippen LogP contribution < -0.4 is 0 Å². The van der Waals surface area contributed by atoms with E-state index in [0.717, 1.165) is 18.5 Å². The van der Waals surface area contributed by atoms with Crippen LogP contribution in [0, 0.1) is 0 Å². The summed E-state index contributed by atoms with van der Waals surface area (Å²) in [7, 11) is 0. The largest absolute Gasteiger partial charge is 0.333 e. The number of carbonyl (C=O) groups is 2. The third-order valence-electron chi connectivity index (χ3n) is 3.95. The van der Waals surface area contributed by atoms with Crippen molar-refractivity contribution < 1.29 is 14.4 Å². The second-order valence-electron chi connectivity index (χ2n) is 5.47.